The summed E-state index contributed by atoms with van der Waals surface area (Å²) in [6, 6.07) is 9.40. The minimum absolute atomic E-state index is 0.202. The van der Waals surface area contributed by atoms with Gasteiger partial charge in [-0.15, -0.1) is 0 Å². The Morgan fingerprint density at radius 1 is 1.18 bits per heavy atom. The fourth-order valence-corrected chi connectivity index (χ4v) is 2.33. The number of hydrogen-bond donors (Lipinski definition) is 0. The third-order valence-electron chi connectivity index (χ3n) is 3.38. The molecule has 2 nitrogen and oxygen atoms in total. The smallest absolute Gasteiger partial charge is 0.127 e. The minimum atomic E-state index is -0.202. The second kappa shape index (κ2) is 5.05. The second-order valence-electron chi connectivity index (χ2n) is 4.57. The fraction of sp³-hybridized carbons (Fsp3) is 0.400. The van der Waals surface area contributed by atoms with Gasteiger partial charge in [0.1, 0.15) is 11.4 Å². The summed E-state index contributed by atoms with van der Waals surface area (Å²) >= 11 is 0. The minimum Gasteiger partial charge on any atom is -0.483 e. The van der Waals surface area contributed by atoms with Crippen LogP contribution in [-0.2, 0) is 0 Å². The molecule has 0 aromatic heterocycles. The fourth-order valence-electron chi connectivity index (χ4n) is 2.33. The van der Waals surface area contributed by atoms with Crippen LogP contribution >= 0.6 is 0 Å². The zero-order valence-corrected chi connectivity index (χ0v) is 9.98. The summed E-state index contributed by atoms with van der Waals surface area (Å²) in [6.07, 6.45) is 7.69. The molecule has 1 aromatic rings. The molecule has 1 aliphatic rings. The van der Waals surface area contributed by atoms with Crippen molar-refractivity contribution in [3.8, 4) is 11.8 Å². The highest BCUT2D eigenvalue weighted by molar-refractivity contribution is 5.35. The highest BCUT2D eigenvalue weighted by atomic mass is 16.5. The summed E-state index contributed by atoms with van der Waals surface area (Å²) in [7, 11) is 0. The van der Waals surface area contributed by atoms with Gasteiger partial charge in [-0.2, -0.15) is 5.26 Å². The molecule has 17 heavy (non-hydrogen) atoms. The van der Waals surface area contributed by atoms with E-state index in [9.17, 15) is 0 Å². The van der Waals surface area contributed by atoms with Gasteiger partial charge in [-0.25, -0.2) is 0 Å². The van der Waals surface area contributed by atoms with Gasteiger partial charge in [0.2, 0.25) is 0 Å². The molecule has 0 atom stereocenters. The lowest BCUT2D eigenvalue weighted by Gasteiger charge is -2.35. The average molecular weight is 227 g/mol. The number of nitrogens with zero attached hydrogens (tertiary/aromatic N) is 1. The Hall–Kier alpha value is -1.75. The van der Waals surface area contributed by atoms with Crippen molar-refractivity contribution in [2.24, 2.45) is 0 Å². The SMILES string of the molecule is C=CC1(Oc2ccc(C#N)cc2)CCCCC1. The van der Waals surface area contributed by atoms with E-state index < -0.39 is 0 Å². The summed E-state index contributed by atoms with van der Waals surface area (Å²) in [5.74, 6) is 0.825. The third-order valence-corrected chi connectivity index (χ3v) is 3.38. The molecular formula is C15H17NO. The van der Waals surface area contributed by atoms with Crippen molar-refractivity contribution >= 4 is 0 Å². The highest BCUT2D eigenvalue weighted by Gasteiger charge is 2.30. The van der Waals surface area contributed by atoms with Crippen molar-refractivity contribution in [1.82, 2.24) is 0 Å². The number of nitriles is 1. The molecule has 0 aliphatic heterocycles. The van der Waals surface area contributed by atoms with E-state index in [0.29, 0.717) is 5.56 Å². The number of ether oxygens (including phenoxy) is 1. The largest absolute Gasteiger partial charge is 0.483 e. The Kier molecular flexibility index (Phi) is 3.49. The molecule has 1 aromatic carbocycles. The monoisotopic (exact) mass is 227 g/mol. The first-order chi connectivity index (χ1) is 8.28. The maximum atomic E-state index is 8.74. The van der Waals surface area contributed by atoms with Crippen LogP contribution in [-0.4, -0.2) is 5.60 Å². The maximum absolute atomic E-state index is 8.74. The van der Waals surface area contributed by atoms with Crippen LogP contribution in [0.4, 0.5) is 0 Å². The zero-order valence-electron chi connectivity index (χ0n) is 9.98. The standard InChI is InChI=1S/C15H17NO/c1-2-15(10-4-3-5-11-15)17-14-8-6-13(12-16)7-9-14/h2,6-9H,1,3-5,10-11H2. The predicted octanol–water partition coefficient (Wildman–Crippen LogP) is 3.83. The Morgan fingerprint density at radius 3 is 2.35 bits per heavy atom. The van der Waals surface area contributed by atoms with E-state index in [-0.39, 0.29) is 5.60 Å². The van der Waals surface area contributed by atoms with Gasteiger partial charge in [0.15, 0.2) is 0 Å². The molecule has 0 saturated heterocycles. The van der Waals surface area contributed by atoms with Crippen LogP contribution in [0.2, 0.25) is 0 Å². The molecule has 88 valence electrons. The van der Waals surface area contributed by atoms with E-state index in [2.05, 4.69) is 12.6 Å². The number of benzene rings is 1. The van der Waals surface area contributed by atoms with E-state index >= 15 is 0 Å². The van der Waals surface area contributed by atoms with Gasteiger partial charge in [-0.3, -0.25) is 0 Å². The van der Waals surface area contributed by atoms with Gasteiger partial charge in [-0.1, -0.05) is 13.0 Å². The molecule has 0 unspecified atom stereocenters. The van der Waals surface area contributed by atoms with Gasteiger partial charge in [0.05, 0.1) is 11.6 Å². The molecule has 0 heterocycles. The normalized spacial score (nSPS) is 18.1. The van der Waals surface area contributed by atoms with Crippen LogP contribution in [0, 0.1) is 11.3 Å². The first-order valence-corrected chi connectivity index (χ1v) is 6.11. The molecule has 2 heteroatoms. The van der Waals surface area contributed by atoms with Crippen LogP contribution in [0.5, 0.6) is 5.75 Å². The zero-order chi connectivity index (χ0) is 12.1. The molecule has 0 amide bonds. The molecule has 0 N–H and O–H groups in total. The van der Waals surface area contributed by atoms with Gasteiger partial charge < -0.3 is 4.74 Å². The second-order valence-corrected chi connectivity index (χ2v) is 4.57. The van der Waals surface area contributed by atoms with Crippen LogP contribution in [0.15, 0.2) is 36.9 Å². The maximum Gasteiger partial charge on any atom is 0.127 e. The molecule has 1 saturated carbocycles. The summed E-state index contributed by atoms with van der Waals surface area (Å²) in [4.78, 5) is 0. The summed E-state index contributed by atoms with van der Waals surface area (Å²) < 4.78 is 6.06. The van der Waals surface area contributed by atoms with Crippen LogP contribution in [0.3, 0.4) is 0 Å². The van der Waals surface area contributed by atoms with Crippen LogP contribution < -0.4 is 4.74 Å². The summed E-state index contributed by atoms with van der Waals surface area (Å²) in [6.45, 7) is 3.91. The van der Waals surface area contributed by atoms with Gasteiger partial charge in [-0.05, 0) is 56.0 Å². The summed E-state index contributed by atoms with van der Waals surface area (Å²) in [5.41, 5.74) is 0.459. The molecule has 0 radical (unpaired) electrons. The molecule has 0 spiro atoms. The molecule has 2 rings (SSSR count). The van der Waals surface area contributed by atoms with E-state index in [1.54, 1.807) is 12.1 Å². The van der Waals surface area contributed by atoms with Crippen molar-refractivity contribution in [3.05, 3.63) is 42.5 Å². The van der Waals surface area contributed by atoms with Crippen molar-refractivity contribution in [1.29, 1.82) is 5.26 Å². The predicted molar refractivity (Wildman–Crippen MR) is 67.8 cm³/mol. The van der Waals surface area contributed by atoms with Crippen LogP contribution in [0.25, 0.3) is 0 Å². The van der Waals surface area contributed by atoms with E-state index in [1.807, 2.05) is 18.2 Å². The van der Waals surface area contributed by atoms with Crippen LogP contribution in [0.1, 0.15) is 37.7 Å². The number of hydrogen-bond acceptors (Lipinski definition) is 2. The topological polar surface area (TPSA) is 33.0 Å². The molecule has 1 fully saturated rings. The molecule has 1 aliphatic carbocycles. The van der Waals surface area contributed by atoms with Crippen molar-refractivity contribution in [2.75, 3.05) is 0 Å². The van der Waals surface area contributed by atoms with Crippen molar-refractivity contribution < 1.29 is 4.74 Å². The Balaban J connectivity index is 2.12. The Morgan fingerprint density at radius 2 is 1.82 bits per heavy atom. The highest BCUT2D eigenvalue weighted by Crippen LogP contribution is 2.33. The van der Waals surface area contributed by atoms with Gasteiger partial charge >= 0.3 is 0 Å². The van der Waals surface area contributed by atoms with E-state index in [1.165, 1.54) is 19.3 Å². The average Bonchev–Trinajstić information content (AvgIpc) is 2.41. The van der Waals surface area contributed by atoms with Crippen molar-refractivity contribution in [3.63, 3.8) is 0 Å². The molecular weight excluding hydrogens is 210 g/mol. The lowest BCUT2D eigenvalue weighted by molar-refractivity contribution is 0.0778. The van der Waals surface area contributed by atoms with Crippen molar-refractivity contribution in [2.45, 2.75) is 37.7 Å². The quantitative estimate of drug-likeness (QED) is 0.735. The summed E-state index contributed by atoms with van der Waals surface area (Å²) in [5, 5.41) is 8.74. The first-order valence-electron chi connectivity index (χ1n) is 6.11. The van der Waals surface area contributed by atoms with Gasteiger partial charge in [0.25, 0.3) is 0 Å². The number of rotatable bonds is 3. The van der Waals surface area contributed by atoms with E-state index in [0.717, 1.165) is 18.6 Å². The Bertz CT molecular complexity index is 421. The van der Waals surface area contributed by atoms with E-state index in [4.69, 9.17) is 10.00 Å². The van der Waals surface area contributed by atoms with Gasteiger partial charge in [0, 0.05) is 0 Å². The lowest BCUT2D eigenvalue weighted by atomic mass is 9.85. The first kappa shape index (κ1) is 11.7. The Labute approximate surface area is 103 Å². The molecule has 0 bridgehead atoms. The third kappa shape index (κ3) is 2.68. The lowest BCUT2D eigenvalue weighted by Crippen LogP contribution is -2.35.